The van der Waals surface area contributed by atoms with E-state index in [0.717, 1.165) is 63.7 Å². The average Bonchev–Trinajstić information content (AvgIpc) is 3.51. The van der Waals surface area contributed by atoms with E-state index in [1.807, 2.05) is 11.8 Å². The van der Waals surface area contributed by atoms with Crippen LogP contribution in [-0.2, 0) is 9.59 Å². The van der Waals surface area contributed by atoms with E-state index in [4.69, 9.17) is 0 Å². The van der Waals surface area contributed by atoms with Crippen LogP contribution in [0.5, 0.6) is 0 Å². The van der Waals surface area contributed by atoms with E-state index in [1.165, 1.54) is 51.4 Å². The summed E-state index contributed by atoms with van der Waals surface area (Å²) in [6.45, 7) is 2.95. The van der Waals surface area contributed by atoms with Crippen LogP contribution in [0.3, 0.4) is 0 Å². The predicted octanol–water partition coefficient (Wildman–Crippen LogP) is 5.73. The molecule has 2 aliphatic heterocycles. The van der Waals surface area contributed by atoms with Gasteiger partial charge in [0.15, 0.2) is 0 Å². The van der Waals surface area contributed by atoms with E-state index in [9.17, 15) is 19.5 Å². The van der Waals surface area contributed by atoms with Crippen molar-refractivity contribution in [3.63, 3.8) is 0 Å². The predicted molar refractivity (Wildman–Crippen MR) is 170 cm³/mol. The van der Waals surface area contributed by atoms with Crippen LogP contribution in [0, 0.1) is 0 Å². The second-order valence-corrected chi connectivity index (χ2v) is 13.1. The summed E-state index contributed by atoms with van der Waals surface area (Å²) < 4.78 is 0. The first-order chi connectivity index (χ1) is 20.0. The van der Waals surface area contributed by atoms with Crippen LogP contribution in [0.1, 0.15) is 129 Å². The molecule has 0 bridgehead atoms. The molecule has 0 aromatic rings. The molecule has 0 spiro atoms. The molecule has 2 heterocycles. The number of hydrogen-bond donors (Lipinski definition) is 5. The number of rotatable bonds is 25. The van der Waals surface area contributed by atoms with E-state index >= 15 is 0 Å². The monoisotopic (exact) mass is 594 g/mol. The van der Waals surface area contributed by atoms with Crippen molar-refractivity contribution >= 4 is 29.6 Å². The third-order valence-corrected chi connectivity index (χ3v) is 9.64. The summed E-state index contributed by atoms with van der Waals surface area (Å²) in [6.07, 6.45) is 24.1. The summed E-state index contributed by atoms with van der Waals surface area (Å²) in [5.41, 5.74) is 0. The fourth-order valence-corrected chi connectivity index (χ4v) is 7.15. The van der Waals surface area contributed by atoms with E-state index < -0.39 is 0 Å². The number of carbonyl (C=O) groups excluding carboxylic acids is 3. The number of amides is 4. The van der Waals surface area contributed by atoms with Gasteiger partial charge in [-0.2, -0.15) is 11.8 Å². The first-order valence-corrected chi connectivity index (χ1v) is 17.6. The Hall–Kier alpha value is -1.74. The number of hydrogen-bond acceptors (Lipinski definition) is 5. The van der Waals surface area contributed by atoms with Crippen molar-refractivity contribution in [3.8, 4) is 0 Å². The van der Waals surface area contributed by atoms with E-state index in [-0.39, 0.29) is 42.6 Å². The Morgan fingerprint density at radius 1 is 0.902 bits per heavy atom. The highest BCUT2D eigenvalue weighted by atomic mass is 32.2. The third kappa shape index (κ3) is 16.5. The Labute approximate surface area is 253 Å². The molecule has 2 aliphatic rings. The Kier molecular flexibility index (Phi) is 19.7. The number of fused-ring (bicyclic) bond motifs is 1. The molecular formula is C32H58N4O4S. The fraction of sp³-hybridized carbons (Fsp3) is 0.844. The molecule has 236 valence electrons. The van der Waals surface area contributed by atoms with Crippen LogP contribution in [0.15, 0.2) is 12.2 Å². The van der Waals surface area contributed by atoms with Gasteiger partial charge in [0.25, 0.3) is 0 Å². The van der Waals surface area contributed by atoms with Crippen molar-refractivity contribution in [2.24, 2.45) is 0 Å². The van der Waals surface area contributed by atoms with Gasteiger partial charge < -0.3 is 26.4 Å². The van der Waals surface area contributed by atoms with Gasteiger partial charge in [0.2, 0.25) is 11.8 Å². The lowest BCUT2D eigenvalue weighted by Gasteiger charge is -2.16. The van der Waals surface area contributed by atoms with Gasteiger partial charge in [-0.3, -0.25) is 9.59 Å². The number of nitrogens with one attached hydrogen (secondary N) is 4. The maximum Gasteiger partial charge on any atom is 0.315 e. The first kappa shape index (κ1) is 35.5. The molecule has 4 unspecified atom stereocenters. The van der Waals surface area contributed by atoms with Crippen LogP contribution in [0.25, 0.3) is 0 Å². The zero-order chi connectivity index (χ0) is 29.5. The zero-order valence-corrected chi connectivity index (χ0v) is 26.4. The summed E-state index contributed by atoms with van der Waals surface area (Å²) in [5.74, 6) is 1.21. The van der Waals surface area contributed by atoms with Gasteiger partial charge in [-0.25, -0.2) is 4.79 Å². The van der Waals surface area contributed by atoms with E-state index in [2.05, 4.69) is 40.3 Å². The topological polar surface area (TPSA) is 120 Å². The van der Waals surface area contributed by atoms with Crippen molar-refractivity contribution in [2.75, 3.05) is 18.9 Å². The fourth-order valence-electron chi connectivity index (χ4n) is 5.61. The number of aliphatic hydroxyl groups excluding tert-OH is 1. The minimum absolute atomic E-state index is 0.0167. The average molecular weight is 595 g/mol. The minimum Gasteiger partial charge on any atom is -0.394 e. The molecule has 0 aromatic heterocycles. The molecular weight excluding hydrogens is 536 g/mol. The van der Waals surface area contributed by atoms with Crippen LogP contribution >= 0.6 is 11.8 Å². The number of allylic oxidation sites excluding steroid dienone is 1. The molecule has 41 heavy (non-hydrogen) atoms. The van der Waals surface area contributed by atoms with Gasteiger partial charge in [0, 0.05) is 30.4 Å². The van der Waals surface area contributed by atoms with Crippen LogP contribution < -0.4 is 21.3 Å². The van der Waals surface area contributed by atoms with E-state index in [0.29, 0.717) is 24.5 Å². The number of unbranched alkanes of at least 4 members (excludes halogenated alkanes) is 12. The minimum atomic E-state index is -0.176. The molecule has 2 fully saturated rings. The summed E-state index contributed by atoms with van der Waals surface area (Å²) in [4.78, 5) is 35.6. The van der Waals surface area contributed by atoms with Crippen molar-refractivity contribution in [1.29, 1.82) is 0 Å². The third-order valence-electron chi connectivity index (χ3n) is 8.13. The van der Waals surface area contributed by atoms with Gasteiger partial charge in [0.05, 0.1) is 24.7 Å². The quantitative estimate of drug-likeness (QED) is 0.0525. The second kappa shape index (κ2) is 22.8. The molecule has 4 amide bonds. The van der Waals surface area contributed by atoms with Crippen LogP contribution in [0.2, 0.25) is 0 Å². The molecule has 0 aliphatic carbocycles. The molecule has 4 atom stereocenters. The molecule has 8 nitrogen and oxygen atoms in total. The lowest BCUT2D eigenvalue weighted by molar-refractivity contribution is -0.122. The van der Waals surface area contributed by atoms with Crippen LogP contribution in [-0.4, -0.2) is 65.2 Å². The van der Waals surface area contributed by atoms with Gasteiger partial charge in [0.1, 0.15) is 0 Å². The van der Waals surface area contributed by atoms with Gasteiger partial charge in [-0.05, 0) is 44.9 Å². The summed E-state index contributed by atoms with van der Waals surface area (Å²) in [5, 5.41) is 22.0. The van der Waals surface area contributed by atoms with Gasteiger partial charge in [-0.1, -0.05) is 83.3 Å². The van der Waals surface area contributed by atoms with Gasteiger partial charge in [-0.15, -0.1) is 0 Å². The number of aliphatic hydroxyl groups is 1. The Morgan fingerprint density at radius 3 is 2.37 bits per heavy atom. The summed E-state index contributed by atoms with van der Waals surface area (Å²) in [7, 11) is 0. The number of urea groups is 1. The molecule has 2 rings (SSSR count). The second-order valence-electron chi connectivity index (χ2n) is 11.8. The smallest absolute Gasteiger partial charge is 0.315 e. The Bertz CT molecular complexity index is 766. The standard InChI is InChI=1S/C32H58N4O4S/c1-2-3-4-11-15-22-30(39)34-26(24-37)19-14-12-9-7-5-6-8-10-13-18-23-33-29(38)21-17-16-20-28-31-27(25-41-28)35-32(40)36-31/h12,14,26-28,31,37H,2-11,13,15-25H2,1H3,(H,33,38)(H,34,39)(H2,35,36,40)/b14-12+. The SMILES string of the molecule is CCCCCCCC(=O)NC(CO)C/C=C/CCCCCCCCCNC(=O)CCCCC1SCC2NC(=O)NC21. The highest BCUT2D eigenvalue weighted by molar-refractivity contribution is 8.00. The lowest BCUT2D eigenvalue weighted by Crippen LogP contribution is -2.36. The van der Waals surface area contributed by atoms with Gasteiger partial charge >= 0.3 is 6.03 Å². The highest BCUT2D eigenvalue weighted by Gasteiger charge is 2.42. The zero-order valence-electron chi connectivity index (χ0n) is 25.6. The number of carbonyl (C=O) groups is 3. The molecule has 2 saturated heterocycles. The molecule has 0 aromatic carbocycles. The van der Waals surface area contributed by atoms with E-state index in [1.54, 1.807) is 0 Å². The summed E-state index contributed by atoms with van der Waals surface area (Å²) in [6, 6.07) is 0.315. The largest absolute Gasteiger partial charge is 0.394 e. The maximum absolute atomic E-state index is 12.1. The maximum atomic E-state index is 12.1. The van der Waals surface area contributed by atoms with Crippen LogP contribution in [0.4, 0.5) is 4.79 Å². The first-order valence-electron chi connectivity index (χ1n) is 16.5. The highest BCUT2D eigenvalue weighted by Crippen LogP contribution is 2.33. The van der Waals surface area contributed by atoms with Crippen molar-refractivity contribution in [1.82, 2.24) is 21.3 Å². The normalized spacial score (nSPS) is 20.5. The molecule has 5 N–H and O–H groups in total. The van der Waals surface area contributed by atoms with Crippen molar-refractivity contribution in [3.05, 3.63) is 12.2 Å². The Morgan fingerprint density at radius 2 is 1.59 bits per heavy atom. The van der Waals surface area contributed by atoms with Crippen molar-refractivity contribution in [2.45, 2.75) is 152 Å². The molecule has 9 heteroatoms. The number of thioether (sulfide) groups is 1. The molecule has 0 radical (unpaired) electrons. The Balaban J connectivity index is 1.32. The lowest BCUT2D eigenvalue weighted by atomic mass is 10.0. The van der Waals surface area contributed by atoms with Crippen molar-refractivity contribution < 1.29 is 19.5 Å². The molecule has 0 saturated carbocycles. The summed E-state index contributed by atoms with van der Waals surface area (Å²) >= 11 is 1.93.